The number of aromatic carboxylic acids is 1. The Morgan fingerprint density at radius 3 is 2.09 bits per heavy atom. The molecule has 11 heteroatoms. The Bertz CT molecular complexity index is 1550. The number of hydrogen-bond donors (Lipinski definition) is 3. The minimum absolute atomic E-state index is 0.119. The molecule has 1 saturated carbocycles. The summed E-state index contributed by atoms with van der Waals surface area (Å²) in [7, 11) is 1.29. The second kappa shape index (κ2) is 14.5. The zero-order valence-electron chi connectivity index (χ0n) is 24.8. The van der Waals surface area contributed by atoms with Gasteiger partial charge in [-0.15, -0.1) is 0 Å². The molecule has 232 valence electrons. The van der Waals surface area contributed by atoms with Crippen LogP contribution in [0.5, 0.6) is 0 Å². The molecule has 3 N–H and O–H groups in total. The second-order valence-corrected chi connectivity index (χ2v) is 10.9. The highest BCUT2D eigenvalue weighted by Gasteiger charge is 2.31. The minimum Gasteiger partial charge on any atom is -0.478 e. The van der Waals surface area contributed by atoms with Crippen LogP contribution in [0.25, 0.3) is 10.8 Å². The van der Waals surface area contributed by atoms with Crippen molar-refractivity contribution in [2.45, 2.75) is 57.9 Å². The van der Waals surface area contributed by atoms with Gasteiger partial charge in [0.2, 0.25) is 5.91 Å². The molecule has 1 atom stereocenters. The molecule has 0 spiro atoms. The van der Waals surface area contributed by atoms with Gasteiger partial charge in [0.1, 0.15) is 6.04 Å². The Kier molecular flexibility index (Phi) is 10.5. The molecule has 0 heterocycles. The standard InChI is InChI=1S/C33H37N3O8/c1-21(35(33(43)44-2)20-22-12-6-4-3-5-7-13-22)29(37)34-26-18-19-28(24-15-9-8-14-23(24)26)36(30(38)32(41)42)27-17-11-10-16-25(27)31(39)40/h8-11,14-19,21-22H,3-7,12-13,20H2,1-2H3,(H,34,37)(H,39,40)(H,41,42)/t21-/m0/s1. The van der Waals surface area contributed by atoms with E-state index in [-0.39, 0.29) is 22.9 Å². The molecular formula is C33H37N3O8. The van der Waals surface area contributed by atoms with Crippen LogP contribution in [0.4, 0.5) is 21.9 Å². The van der Waals surface area contributed by atoms with Crippen LogP contribution in [0.1, 0.15) is 62.2 Å². The second-order valence-electron chi connectivity index (χ2n) is 10.9. The molecule has 1 aliphatic rings. The summed E-state index contributed by atoms with van der Waals surface area (Å²) in [4.78, 5) is 65.5. The van der Waals surface area contributed by atoms with Crippen LogP contribution in [-0.2, 0) is 19.1 Å². The number of nitrogens with one attached hydrogen (secondary N) is 1. The van der Waals surface area contributed by atoms with Crippen molar-refractivity contribution in [1.29, 1.82) is 0 Å². The van der Waals surface area contributed by atoms with Crippen molar-refractivity contribution in [3.8, 4) is 0 Å². The molecule has 0 aromatic heterocycles. The molecule has 0 unspecified atom stereocenters. The Balaban J connectivity index is 1.69. The number of carboxylic acid groups (broad SMARTS) is 2. The predicted octanol–water partition coefficient (Wildman–Crippen LogP) is 6.04. The average molecular weight is 604 g/mol. The average Bonchev–Trinajstić information content (AvgIpc) is 3.01. The summed E-state index contributed by atoms with van der Waals surface area (Å²) in [6.07, 6.45) is 7.06. The van der Waals surface area contributed by atoms with E-state index >= 15 is 0 Å². The summed E-state index contributed by atoms with van der Waals surface area (Å²) in [6.45, 7) is 2.04. The third-order valence-corrected chi connectivity index (χ3v) is 8.10. The molecule has 0 saturated heterocycles. The Morgan fingerprint density at radius 2 is 1.45 bits per heavy atom. The molecule has 3 aromatic carbocycles. The first-order chi connectivity index (χ1) is 21.1. The maximum absolute atomic E-state index is 13.6. The van der Waals surface area contributed by atoms with Crippen LogP contribution in [0, 0.1) is 5.92 Å². The number of hydrogen-bond acceptors (Lipinski definition) is 6. The first-order valence-electron chi connectivity index (χ1n) is 14.7. The molecule has 4 rings (SSSR count). The van der Waals surface area contributed by atoms with E-state index in [4.69, 9.17) is 4.74 Å². The van der Waals surface area contributed by atoms with Gasteiger partial charge < -0.3 is 20.3 Å². The van der Waals surface area contributed by atoms with Gasteiger partial charge in [-0.05, 0) is 49.9 Å². The van der Waals surface area contributed by atoms with Crippen molar-refractivity contribution in [3.63, 3.8) is 0 Å². The monoisotopic (exact) mass is 603 g/mol. The fraction of sp³-hybridized carbons (Fsp3) is 0.364. The number of para-hydroxylation sites is 1. The number of anilines is 3. The minimum atomic E-state index is -1.77. The van der Waals surface area contributed by atoms with Crippen molar-refractivity contribution in [3.05, 3.63) is 66.2 Å². The summed E-state index contributed by atoms with van der Waals surface area (Å²) in [6, 6.07) is 14.5. The van der Waals surface area contributed by atoms with Crippen molar-refractivity contribution in [2.24, 2.45) is 5.92 Å². The molecule has 0 radical (unpaired) electrons. The lowest BCUT2D eigenvalue weighted by atomic mass is 9.90. The lowest BCUT2D eigenvalue weighted by Crippen LogP contribution is -2.47. The first-order valence-corrected chi connectivity index (χ1v) is 14.7. The summed E-state index contributed by atoms with van der Waals surface area (Å²) < 4.78 is 5.03. The van der Waals surface area contributed by atoms with E-state index in [1.807, 2.05) is 0 Å². The quantitative estimate of drug-likeness (QED) is 0.263. The van der Waals surface area contributed by atoms with E-state index in [1.54, 1.807) is 31.2 Å². The number of carboxylic acids is 2. The summed E-state index contributed by atoms with van der Waals surface area (Å²) >= 11 is 0. The first kappa shape index (κ1) is 32.0. The van der Waals surface area contributed by atoms with E-state index in [1.165, 1.54) is 54.8 Å². The van der Waals surface area contributed by atoms with Gasteiger partial charge in [0.15, 0.2) is 0 Å². The smallest absolute Gasteiger partial charge is 0.410 e. The van der Waals surface area contributed by atoms with Gasteiger partial charge in [0, 0.05) is 23.0 Å². The number of ether oxygens (including phenoxy) is 1. The Hall–Kier alpha value is -4.93. The number of amides is 3. The molecular weight excluding hydrogens is 566 g/mol. The van der Waals surface area contributed by atoms with Crippen LogP contribution >= 0.6 is 0 Å². The molecule has 3 amide bonds. The van der Waals surface area contributed by atoms with Gasteiger partial charge in [0.25, 0.3) is 0 Å². The number of aliphatic carboxylic acids is 1. The predicted molar refractivity (Wildman–Crippen MR) is 165 cm³/mol. The van der Waals surface area contributed by atoms with Crippen molar-refractivity contribution >= 4 is 57.7 Å². The van der Waals surface area contributed by atoms with E-state index in [2.05, 4.69) is 5.32 Å². The van der Waals surface area contributed by atoms with Gasteiger partial charge in [-0.25, -0.2) is 14.4 Å². The van der Waals surface area contributed by atoms with Crippen LogP contribution in [-0.4, -0.2) is 64.7 Å². The van der Waals surface area contributed by atoms with Gasteiger partial charge >= 0.3 is 23.9 Å². The SMILES string of the molecule is COC(=O)N(CC1CCCCCCC1)[C@@H](C)C(=O)Nc1ccc(N(C(=O)C(=O)O)c2ccccc2C(=O)O)c2ccccc12. The maximum Gasteiger partial charge on any atom is 0.410 e. The highest BCUT2D eigenvalue weighted by atomic mass is 16.5. The number of carbonyl (C=O) groups excluding carboxylic acids is 3. The third-order valence-electron chi connectivity index (χ3n) is 8.10. The van der Waals surface area contributed by atoms with Crippen molar-refractivity contribution < 1.29 is 38.9 Å². The highest BCUT2D eigenvalue weighted by Crippen LogP contribution is 2.38. The Morgan fingerprint density at radius 1 is 0.841 bits per heavy atom. The van der Waals surface area contributed by atoms with E-state index in [0.717, 1.165) is 43.4 Å². The van der Waals surface area contributed by atoms with Crippen molar-refractivity contribution in [1.82, 2.24) is 4.90 Å². The maximum atomic E-state index is 13.6. The van der Waals surface area contributed by atoms with Crippen LogP contribution in [0.15, 0.2) is 60.7 Å². The molecule has 1 aliphatic carbocycles. The van der Waals surface area contributed by atoms with Gasteiger partial charge in [-0.1, -0.05) is 68.5 Å². The summed E-state index contributed by atoms with van der Waals surface area (Å²) in [5, 5.41) is 23.2. The topological polar surface area (TPSA) is 154 Å². The fourth-order valence-corrected chi connectivity index (χ4v) is 5.77. The Labute approximate surface area is 255 Å². The number of rotatable bonds is 8. The van der Waals surface area contributed by atoms with Crippen LogP contribution in [0.3, 0.4) is 0 Å². The third kappa shape index (κ3) is 7.16. The van der Waals surface area contributed by atoms with Crippen LogP contribution in [0.2, 0.25) is 0 Å². The lowest BCUT2D eigenvalue weighted by molar-refractivity contribution is -0.148. The lowest BCUT2D eigenvalue weighted by Gasteiger charge is -2.31. The summed E-state index contributed by atoms with van der Waals surface area (Å²) in [5.74, 6) is -4.64. The molecule has 3 aromatic rings. The number of nitrogens with zero attached hydrogens (tertiary/aromatic N) is 2. The zero-order chi connectivity index (χ0) is 31.8. The van der Waals surface area contributed by atoms with Gasteiger partial charge in [-0.3, -0.25) is 19.4 Å². The normalized spacial score (nSPS) is 14.5. The van der Waals surface area contributed by atoms with Gasteiger partial charge in [-0.2, -0.15) is 0 Å². The van der Waals surface area contributed by atoms with Crippen LogP contribution < -0.4 is 10.2 Å². The molecule has 44 heavy (non-hydrogen) atoms. The summed E-state index contributed by atoms with van der Waals surface area (Å²) in [5.41, 5.74) is 0.106. The van der Waals surface area contributed by atoms with E-state index < -0.39 is 35.9 Å². The highest BCUT2D eigenvalue weighted by molar-refractivity contribution is 6.40. The van der Waals surface area contributed by atoms with Gasteiger partial charge in [0.05, 0.1) is 24.0 Å². The zero-order valence-corrected chi connectivity index (χ0v) is 24.8. The molecule has 0 bridgehead atoms. The van der Waals surface area contributed by atoms with E-state index in [0.29, 0.717) is 23.0 Å². The van der Waals surface area contributed by atoms with Crippen molar-refractivity contribution in [2.75, 3.05) is 23.9 Å². The number of fused-ring (bicyclic) bond motifs is 1. The molecule has 0 aliphatic heterocycles. The number of benzene rings is 3. The number of carbonyl (C=O) groups is 5. The molecule has 1 fully saturated rings. The largest absolute Gasteiger partial charge is 0.478 e. The number of methoxy groups -OCH3 is 1. The fourth-order valence-electron chi connectivity index (χ4n) is 5.77. The molecule has 11 nitrogen and oxygen atoms in total. The van der Waals surface area contributed by atoms with E-state index in [9.17, 15) is 34.2 Å².